The first kappa shape index (κ1) is 8.51. The van der Waals surface area contributed by atoms with Gasteiger partial charge in [-0.3, -0.25) is 4.79 Å². The Labute approximate surface area is 84.3 Å². The Morgan fingerprint density at radius 2 is 2.36 bits per heavy atom. The summed E-state index contributed by atoms with van der Waals surface area (Å²) in [5.41, 5.74) is 1.53. The van der Waals surface area contributed by atoms with Crippen LogP contribution in [0, 0.1) is 17.8 Å². The molecule has 3 fully saturated rings. The van der Waals surface area contributed by atoms with Gasteiger partial charge in [0, 0.05) is 18.3 Å². The molecule has 1 aliphatic heterocycles. The lowest BCUT2D eigenvalue weighted by Gasteiger charge is -2.35. The van der Waals surface area contributed by atoms with Crippen molar-refractivity contribution >= 4 is 5.97 Å². The highest BCUT2D eigenvalue weighted by Gasteiger charge is 2.53. The molecule has 3 aliphatic rings. The summed E-state index contributed by atoms with van der Waals surface area (Å²) in [6, 6.07) is 0. The van der Waals surface area contributed by atoms with Gasteiger partial charge < -0.3 is 4.74 Å². The van der Waals surface area contributed by atoms with Crippen molar-refractivity contribution in [1.82, 2.24) is 0 Å². The highest BCUT2D eigenvalue weighted by molar-refractivity contribution is 5.70. The fraction of sp³-hybridized carbons (Fsp3) is 0.750. The standard InChI is InChI=1S/C12H16O2/c1-2-7-5-8-6-10(7)12-9(8)3-4-11(13)14-12/h2,8-10,12H,3-6H2,1H3/b7-2-. The van der Waals surface area contributed by atoms with E-state index in [1.54, 1.807) is 0 Å². The second kappa shape index (κ2) is 2.85. The number of esters is 1. The van der Waals surface area contributed by atoms with E-state index in [4.69, 9.17) is 4.74 Å². The predicted molar refractivity (Wildman–Crippen MR) is 52.6 cm³/mol. The van der Waals surface area contributed by atoms with Gasteiger partial charge in [0.2, 0.25) is 0 Å². The maximum Gasteiger partial charge on any atom is 0.306 e. The number of ether oxygens (including phenoxy) is 1. The third kappa shape index (κ3) is 0.999. The number of fused-ring (bicyclic) bond motifs is 5. The van der Waals surface area contributed by atoms with Gasteiger partial charge in [-0.2, -0.15) is 0 Å². The number of allylic oxidation sites excluding steroid dienone is 1. The molecule has 4 unspecified atom stereocenters. The van der Waals surface area contributed by atoms with Crippen LogP contribution in [0.1, 0.15) is 32.6 Å². The largest absolute Gasteiger partial charge is 0.461 e. The summed E-state index contributed by atoms with van der Waals surface area (Å²) in [5, 5.41) is 0. The van der Waals surface area contributed by atoms with Gasteiger partial charge in [0.05, 0.1) is 0 Å². The molecule has 2 aliphatic carbocycles. The molecule has 4 atom stereocenters. The molecule has 0 spiro atoms. The molecular weight excluding hydrogens is 176 g/mol. The van der Waals surface area contributed by atoms with Crippen molar-refractivity contribution in [3.63, 3.8) is 0 Å². The van der Waals surface area contributed by atoms with Crippen LogP contribution in [0.5, 0.6) is 0 Å². The SMILES string of the molecule is C/C=C1/CC2CC1C1OC(=O)CCC21. The van der Waals surface area contributed by atoms with Crippen molar-refractivity contribution in [3.8, 4) is 0 Å². The molecule has 0 radical (unpaired) electrons. The summed E-state index contributed by atoms with van der Waals surface area (Å²) in [4.78, 5) is 11.2. The summed E-state index contributed by atoms with van der Waals surface area (Å²) in [7, 11) is 0. The lowest BCUT2D eigenvalue weighted by Crippen LogP contribution is -2.37. The minimum Gasteiger partial charge on any atom is -0.461 e. The maximum atomic E-state index is 11.2. The first-order valence-corrected chi connectivity index (χ1v) is 5.64. The maximum absolute atomic E-state index is 11.2. The van der Waals surface area contributed by atoms with Crippen LogP contribution in [-0.2, 0) is 9.53 Å². The highest BCUT2D eigenvalue weighted by Crippen LogP contribution is 2.55. The lowest BCUT2D eigenvalue weighted by atomic mass is 9.79. The third-order valence-electron chi connectivity index (χ3n) is 4.28. The molecule has 14 heavy (non-hydrogen) atoms. The Morgan fingerprint density at radius 3 is 3.14 bits per heavy atom. The first-order chi connectivity index (χ1) is 6.79. The van der Waals surface area contributed by atoms with Crippen LogP contribution in [0.25, 0.3) is 0 Å². The molecule has 76 valence electrons. The molecule has 0 amide bonds. The second-order valence-corrected chi connectivity index (χ2v) is 4.83. The van der Waals surface area contributed by atoms with Gasteiger partial charge in [0.1, 0.15) is 6.10 Å². The summed E-state index contributed by atoms with van der Waals surface area (Å²) < 4.78 is 5.50. The van der Waals surface area contributed by atoms with E-state index >= 15 is 0 Å². The fourth-order valence-corrected chi connectivity index (χ4v) is 3.65. The second-order valence-electron chi connectivity index (χ2n) is 4.83. The third-order valence-corrected chi connectivity index (χ3v) is 4.28. The summed E-state index contributed by atoms with van der Waals surface area (Å²) in [6.07, 6.45) is 6.71. The van der Waals surface area contributed by atoms with Gasteiger partial charge in [-0.1, -0.05) is 11.6 Å². The average molecular weight is 192 g/mol. The Morgan fingerprint density at radius 1 is 1.50 bits per heavy atom. The molecule has 0 aromatic rings. The van der Waals surface area contributed by atoms with Gasteiger partial charge in [-0.25, -0.2) is 0 Å². The van der Waals surface area contributed by atoms with Crippen LogP contribution in [0.4, 0.5) is 0 Å². The quantitative estimate of drug-likeness (QED) is 0.435. The van der Waals surface area contributed by atoms with Crippen molar-refractivity contribution in [2.24, 2.45) is 17.8 Å². The number of rotatable bonds is 0. The number of hydrogen-bond acceptors (Lipinski definition) is 2. The minimum absolute atomic E-state index is 0.0225. The summed E-state index contributed by atoms with van der Waals surface area (Å²) in [6.45, 7) is 2.11. The topological polar surface area (TPSA) is 26.3 Å². The molecule has 0 aromatic heterocycles. The number of hydrogen-bond donors (Lipinski definition) is 0. The van der Waals surface area contributed by atoms with Crippen molar-refractivity contribution in [3.05, 3.63) is 11.6 Å². The zero-order valence-electron chi connectivity index (χ0n) is 8.53. The van der Waals surface area contributed by atoms with Crippen molar-refractivity contribution in [2.45, 2.75) is 38.7 Å². The van der Waals surface area contributed by atoms with E-state index in [1.807, 2.05) is 0 Å². The van der Waals surface area contributed by atoms with Gasteiger partial charge in [-0.05, 0) is 32.1 Å². The van der Waals surface area contributed by atoms with Crippen LogP contribution in [0.15, 0.2) is 11.6 Å². The van der Waals surface area contributed by atoms with Crippen LogP contribution >= 0.6 is 0 Å². The number of carbonyl (C=O) groups is 1. The van der Waals surface area contributed by atoms with Gasteiger partial charge in [0.25, 0.3) is 0 Å². The average Bonchev–Trinajstić information content (AvgIpc) is 2.74. The van der Waals surface area contributed by atoms with Crippen LogP contribution < -0.4 is 0 Å². The molecule has 0 aromatic carbocycles. The van der Waals surface area contributed by atoms with Crippen molar-refractivity contribution in [1.29, 1.82) is 0 Å². The Bertz CT molecular complexity index is 305. The predicted octanol–water partition coefficient (Wildman–Crippen LogP) is 2.29. The monoisotopic (exact) mass is 192 g/mol. The van der Waals surface area contributed by atoms with Gasteiger partial charge >= 0.3 is 5.97 Å². The normalized spacial score (nSPS) is 48.1. The molecule has 0 N–H and O–H groups in total. The van der Waals surface area contributed by atoms with Crippen LogP contribution in [0.3, 0.4) is 0 Å². The van der Waals surface area contributed by atoms with E-state index in [-0.39, 0.29) is 12.1 Å². The van der Waals surface area contributed by atoms with Gasteiger partial charge in [0.15, 0.2) is 0 Å². The fourth-order valence-electron chi connectivity index (χ4n) is 3.65. The van der Waals surface area contributed by atoms with Crippen molar-refractivity contribution in [2.75, 3.05) is 0 Å². The molecule has 2 heteroatoms. The highest BCUT2D eigenvalue weighted by atomic mass is 16.5. The Balaban J connectivity index is 1.88. The number of carbonyl (C=O) groups excluding carboxylic acids is 1. The zero-order chi connectivity index (χ0) is 9.71. The minimum atomic E-state index is 0.0225. The molecule has 1 heterocycles. The first-order valence-electron chi connectivity index (χ1n) is 5.64. The van der Waals surface area contributed by atoms with E-state index in [9.17, 15) is 4.79 Å². The van der Waals surface area contributed by atoms with E-state index in [0.29, 0.717) is 18.3 Å². The van der Waals surface area contributed by atoms with E-state index in [1.165, 1.54) is 18.4 Å². The molecule has 2 saturated carbocycles. The molecule has 2 nitrogen and oxygen atoms in total. The molecule has 2 bridgehead atoms. The van der Waals surface area contributed by atoms with E-state index in [2.05, 4.69) is 13.0 Å². The smallest absolute Gasteiger partial charge is 0.306 e. The molecular formula is C12H16O2. The van der Waals surface area contributed by atoms with E-state index in [0.717, 1.165) is 12.3 Å². The summed E-state index contributed by atoms with van der Waals surface area (Å²) in [5.74, 6) is 2.08. The zero-order valence-corrected chi connectivity index (χ0v) is 8.53. The van der Waals surface area contributed by atoms with Crippen LogP contribution in [0.2, 0.25) is 0 Å². The van der Waals surface area contributed by atoms with Gasteiger partial charge in [-0.15, -0.1) is 0 Å². The summed E-state index contributed by atoms with van der Waals surface area (Å²) >= 11 is 0. The molecule has 1 saturated heterocycles. The van der Waals surface area contributed by atoms with E-state index < -0.39 is 0 Å². The lowest BCUT2D eigenvalue weighted by molar-refractivity contribution is -0.160. The van der Waals surface area contributed by atoms with Crippen LogP contribution in [-0.4, -0.2) is 12.1 Å². The Hall–Kier alpha value is -0.790. The molecule has 3 rings (SSSR count). The Kier molecular flexibility index (Phi) is 1.73. The van der Waals surface area contributed by atoms with Crippen molar-refractivity contribution < 1.29 is 9.53 Å².